The van der Waals surface area contributed by atoms with Crippen molar-refractivity contribution in [1.29, 1.82) is 0 Å². The van der Waals surface area contributed by atoms with Crippen LogP contribution >= 0.6 is 0 Å². The molecule has 4 saturated carbocycles. The summed E-state index contributed by atoms with van der Waals surface area (Å²) in [5.74, 6) is 4.63. The van der Waals surface area contributed by atoms with Gasteiger partial charge in [0, 0.05) is 18.7 Å². The molecule has 1 aromatic rings. The van der Waals surface area contributed by atoms with E-state index < -0.39 is 5.60 Å². The quantitative estimate of drug-likeness (QED) is 0.602. The predicted molar refractivity (Wildman–Crippen MR) is 131 cm³/mol. The normalized spacial score (nSPS) is 42.2. The van der Waals surface area contributed by atoms with Crippen molar-refractivity contribution in [2.24, 2.45) is 40.9 Å². The molecule has 0 aromatic heterocycles. The monoisotopic (exact) mass is 453 g/mol. The van der Waals surface area contributed by atoms with Gasteiger partial charge in [-0.3, -0.25) is 4.79 Å². The van der Waals surface area contributed by atoms with Crippen molar-refractivity contribution in [2.75, 3.05) is 19.8 Å². The van der Waals surface area contributed by atoms with Gasteiger partial charge in [-0.25, -0.2) is 0 Å². The Labute approximate surface area is 199 Å². The number of nitrogens with one attached hydrogen (secondary N) is 1. The summed E-state index contributed by atoms with van der Waals surface area (Å²) in [5, 5.41) is 14.4. The van der Waals surface area contributed by atoms with Crippen LogP contribution in [0.3, 0.4) is 0 Å². The third-order valence-electron chi connectivity index (χ3n) is 10.4. The summed E-state index contributed by atoms with van der Waals surface area (Å²) in [4.78, 5) is 12.6. The maximum absolute atomic E-state index is 12.6. The standard InChI is InChI=1S/C29H43NO3/c1-3-33-19-29(32)16-14-23-21(17-29)9-11-25-24(23)13-15-28(2)22(10-12-26(25)28)18-30-27(31)20-7-5-4-6-8-20/h4-8,21-26,32H,3,9-19H2,1-2H3,(H,30,31)/t21-,22-,23+,24-,25-,26+,28-,29-/m1/s1. The van der Waals surface area contributed by atoms with Crippen LogP contribution < -0.4 is 5.32 Å². The van der Waals surface area contributed by atoms with Crippen molar-refractivity contribution in [1.82, 2.24) is 5.32 Å². The molecule has 4 aliphatic carbocycles. The Kier molecular flexibility index (Phi) is 6.61. The highest BCUT2D eigenvalue weighted by atomic mass is 16.5. The van der Waals surface area contributed by atoms with Crippen LogP contribution in [0, 0.1) is 40.9 Å². The molecule has 182 valence electrons. The number of benzene rings is 1. The first-order valence-electron chi connectivity index (χ1n) is 13.6. The first-order chi connectivity index (χ1) is 15.9. The molecule has 4 aliphatic rings. The smallest absolute Gasteiger partial charge is 0.251 e. The van der Waals surface area contributed by atoms with E-state index in [4.69, 9.17) is 4.74 Å². The van der Waals surface area contributed by atoms with Crippen LogP contribution in [0.2, 0.25) is 0 Å². The highest BCUT2D eigenvalue weighted by Gasteiger charge is 2.57. The molecule has 4 heteroatoms. The maximum atomic E-state index is 12.6. The van der Waals surface area contributed by atoms with E-state index in [1.807, 2.05) is 37.3 Å². The first-order valence-corrected chi connectivity index (χ1v) is 13.6. The van der Waals surface area contributed by atoms with Crippen LogP contribution in [0.5, 0.6) is 0 Å². The number of aliphatic hydroxyl groups is 1. The zero-order valence-corrected chi connectivity index (χ0v) is 20.6. The van der Waals surface area contributed by atoms with Crippen LogP contribution in [0.25, 0.3) is 0 Å². The molecule has 0 radical (unpaired) electrons. The van der Waals surface area contributed by atoms with E-state index in [1.165, 1.54) is 44.9 Å². The molecule has 0 aliphatic heterocycles. The number of ether oxygens (including phenoxy) is 1. The molecule has 0 unspecified atom stereocenters. The fourth-order valence-electron chi connectivity index (χ4n) is 8.74. The molecule has 0 heterocycles. The number of carbonyl (C=O) groups is 1. The Hall–Kier alpha value is -1.39. The van der Waals surface area contributed by atoms with Gasteiger partial charge >= 0.3 is 0 Å². The van der Waals surface area contributed by atoms with Crippen LogP contribution in [0.4, 0.5) is 0 Å². The lowest BCUT2D eigenvalue weighted by atomic mass is 9.49. The lowest BCUT2D eigenvalue weighted by Gasteiger charge is -2.57. The minimum atomic E-state index is -0.595. The van der Waals surface area contributed by atoms with E-state index in [0.717, 1.165) is 48.6 Å². The van der Waals surface area contributed by atoms with Crippen LogP contribution in [0.15, 0.2) is 30.3 Å². The molecular weight excluding hydrogens is 410 g/mol. The minimum Gasteiger partial charge on any atom is -0.387 e. The second-order valence-electron chi connectivity index (χ2n) is 11.9. The summed E-state index contributed by atoms with van der Waals surface area (Å²) < 4.78 is 5.63. The van der Waals surface area contributed by atoms with Gasteiger partial charge in [-0.15, -0.1) is 0 Å². The summed E-state index contributed by atoms with van der Waals surface area (Å²) in [6.45, 7) is 6.57. The van der Waals surface area contributed by atoms with E-state index in [9.17, 15) is 9.90 Å². The second kappa shape index (κ2) is 9.34. The van der Waals surface area contributed by atoms with Gasteiger partial charge in [0.1, 0.15) is 0 Å². The lowest BCUT2D eigenvalue weighted by molar-refractivity contribution is -0.128. The fourth-order valence-corrected chi connectivity index (χ4v) is 8.74. The van der Waals surface area contributed by atoms with E-state index in [1.54, 1.807) is 0 Å². The third kappa shape index (κ3) is 4.38. The zero-order valence-electron chi connectivity index (χ0n) is 20.6. The zero-order chi connectivity index (χ0) is 23.1. The Morgan fingerprint density at radius 2 is 1.82 bits per heavy atom. The highest BCUT2D eigenvalue weighted by molar-refractivity contribution is 5.94. The number of hydrogen-bond donors (Lipinski definition) is 2. The minimum absolute atomic E-state index is 0.0681. The Morgan fingerprint density at radius 3 is 2.61 bits per heavy atom. The van der Waals surface area contributed by atoms with Crippen molar-refractivity contribution >= 4 is 5.91 Å². The molecule has 0 spiro atoms. The molecule has 2 N–H and O–H groups in total. The molecular formula is C29H43NO3. The first kappa shape index (κ1) is 23.4. The number of carbonyl (C=O) groups excluding carboxylic acids is 1. The van der Waals surface area contributed by atoms with Crippen molar-refractivity contribution in [3.63, 3.8) is 0 Å². The van der Waals surface area contributed by atoms with E-state index >= 15 is 0 Å². The van der Waals surface area contributed by atoms with E-state index in [-0.39, 0.29) is 5.91 Å². The molecule has 8 atom stereocenters. The summed E-state index contributed by atoms with van der Waals surface area (Å²) >= 11 is 0. The summed E-state index contributed by atoms with van der Waals surface area (Å²) in [6, 6.07) is 9.62. The highest BCUT2D eigenvalue weighted by Crippen LogP contribution is 2.64. The molecule has 5 rings (SSSR count). The van der Waals surface area contributed by atoms with Gasteiger partial charge in [-0.1, -0.05) is 25.1 Å². The average Bonchev–Trinajstić information content (AvgIpc) is 3.17. The SMILES string of the molecule is CCOC[C@@]1(O)CC[C@H]2[C@H](CC[C@@H]3[C@@H]2CC[C@]2(C)[C@@H](CNC(=O)c4ccccc4)CC[C@@H]32)C1. The van der Waals surface area contributed by atoms with Gasteiger partial charge < -0.3 is 15.2 Å². The summed E-state index contributed by atoms with van der Waals surface area (Å²) in [5.41, 5.74) is 0.533. The Morgan fingerprint density at radius 1 is 1.03 bits per heavy atom. The van der Waals surface area contributed by atoms with Crippen LogP contribution in [0.1, 0.15) is 82.0 Å². The van der Waals surface area contributed by atoms with Gasteiger partial charge in [0.25, 0.3) is 5.91 Å². The lowest BCUT2D eigenvalue weighted by Crippen LogP contribution is -2.52. The van der Waals surface area contributed by atoms with Crippen molar-refractivity contribution in [3.8, 4) is 0 Å². The Balaban J connectivity index is 1.21. The number of fused-ring (bicyclic) bond motifs is 5. The molecule has 0 bridgehead atoms. The van der Waals surface area contributed by atoms with Crippen molar-refractivity contribution in [2.45, 2.75) is 77.2 Å². The van der Waals surface area contributed by atoms with Gasteiger partial charge in [-0.2, -0.15) is 0 Å². The molecule has 1 aromatic carbocycles. The fraction of sp³-hybridized carbons (Fsp3) is 0.759. The third-order valence-corrected chi connectivity index (χ3v) is 10.4. The largest absolute Gasteiger partial charge is 0.387 e. The number of amides is 1. The van der Waals surface area contributed by atoms with Crippen molar-refractivity contribution in [3.05, 3.63) is 35.9 Å². The van der Waals surface area contributed by atoms with Crippen molar-refractivity contribution < 1.29 is 14.6 Å². The summed E-state index contributed by atoms with van der Waals surface area (Å²) in [6.07, 6.45) is 10.9. The van der Waals surface area contributed by atoms with Gasteiger partial charge in [0.2, 0.25) is 0 Å². The molecule has 4 nitrogen and oxygen atoms in total. The predicted octanol–water partition coefficient (Wildman–Crippen LogP) is 5.45. The number of hydrogen-bond acceptors (Lipinski definition) is 3. The van der Waals surface area contributed by atoms with Gasteiger partial charge in [0.15, 0.2) is 0 Å². The van der Waals surface area contributed by atoms with Gasteiger partial charge in [-0.05, 0) is 118 Å². The molecule has 1 amide bonds. The van der Waals surface area contributed by atoms with Crippen LogP contribution in [-0.2, 0) is 4.74 Å². The topological polar surface area (TPSA) is 58.6 Å². The number of rotatable bonds is 6. The second-order valence-corrected chi connectivity index (χ2v) is 11.9. The van der Waals surface area contributed by atoms with Crippen LogP contribution in [-0.4, -0.2) is 36.4 Å². The maximum Gasteiger partial charge on any atom is 0.251 e. The molecule has 0 saturated heterocycles. The average molecular weight is 454 g/mol. The molecule has 4 fully saturated rings. The van der Waals surface area contributed by atoms with E-state index in [0.29, 0.717) is 30.5 Å². The molecule has 33 heavy (non-hydrogen) atoms. The van der Waals surface area contributed by atoms with Gasteiger partial charge in [0.05, 0.1) is 12.2 Å². The Bertz CT molecular complexity index is 827. The summed E-state index contributed by atoms with van der Waals surface area (Å²) in [7, 11) is 0. The van der Waals surface area contributed by atoms with E-state index in [2.05, 4.69) is 12.2 Å².